The highest BCUT2D eigenvalue weighted by molar-refractivity contribution is 5.90. The molecule has 2 heterocycles. The molecule has 3 nitrogen and oxygen atoms in total. The third-order valence-electron chi connectivity index (χ3n) is 4.80. The highest BCUT2D eigenvalue weighted by Crippen LogP contribution is 2.32. The molecule has 3 heteroatoms. The lowest BCUT2D eigenvalue weighted by atomic mass is 9.97. The van der Waals surface area contributed by atoms with E-state index in [0.29, 0.717) is 6.54 Å². The number of fused-ring (bicyclic) bond motifs is 1. The average Bonchev–Trinajstić information content (AvgIpc) is 2.69. The first-order chi connectivity index (χ1) is 12.7. The van der Waals surface area contributed by atoms with Crippen molar-refractivity contribution in [1.82, 2.24) is 9.55 Å². The van der Waals surface area contributed by atoms with Crippen LogP contribution >= 0.6 is 0 Å². The number of pyridine rings is 2. The van der Waals surface area contributed by atoms with E-state index in [9.17, 15) is 4.79 Å². The molecule has 0 saturated heterocycles. The number of hydrogen-bond acceptors (Lipinski definition) is 2. The fourth-order valence-electron chi connectivity index (χ4n) is 3.50. The Balaban J connectivity index is 1.96. The molecule has 2 aromatic heterocycles. The summed E-state index contributed by atoms with van der Waals surface area (Å²) >= 11 is 0. The molecule has 0 radical (unpaired) electrons. The maximum Gasteiger partial charge on any atom is 0.251 e. The number of aryl methyl sites for hydroxylation is 2. The van der Waals surface area contributed by atoms with Crippen LogP contribution < -0.4 is 5.56 Å². The number of aromatic nitrogens is 2. The summed E-state index contributed by atoms with van der Waals surface area (Å²) in [6.07, 6.45) is 1.83. The predicted molar refractivity (Wildman–Crippen MR) is 107 cm³/mol. The molecule has 2 aromatic carbocycles. The second-order valence-electron chi connectivity index (χ2n) is 6.41. The van der Waals surface area contributed by atoms with Crippen LogP contribution in [0.25, 0.3) is 33.3 Å². The molecule has 0 N–H and O–H groups in total. The van der Waals surface area contributed by atoms with E-state index in [4.69, 9.17) is 0 Å². The highest BCUT2D eigenvalue weighted by Gasteiger charge is 2.11. The molecule has 0 aliphatic heterocycles. The zero-order chi connectivity index (χ0) is 18.1. The van der Waals surface area contributed by atoms with E-state index < -0.39 is 0 Å². The van der Waals surface area contributed by atoms with Crippen LogP contribution in [-0.4, -0.2) is 9.55 Å². The maximum atomic E-state index is 12.2. The number of benzene rings is 2. The largest absolute Gasteiger partial charge is 0.309 e. The molecule has 0 atom stereocenters. The first-order valence-corrected chi connectivity index (χ1v) is 8.84. The van der Waals surface area contributed by atoms with E-state index in [0.717, 1.165) is 38.9 Å². The van der Waals surface area contributed by atoms with Gasteiger partial charge in [-0.1, -0.05) is 42.5 Å². The van der Waals surface area contributed by atoms with Gasteiger partial charge in [-0.05, 0) is 43.2 Å². The first-order valence-electron chi connectivity index (χ1n) is 8.84. The van der Waals surface area contributed by atoms with Gasteiger partial charge in [0.2, 0.25) is 0 Å². The van der Waals surface area contributed by atoms with Gasteiger partial charge in [-0.2, -0.15) is 0 Å². The maximum absolute atomic E-state index is 12.2. The standard InChI is InChI=1S/C23H20N2O/c1-3-25-21-12-11-18(15-20(21)16(2)14-22(25)26)19-10-7-13-24-23(19)17-8-5-4-6-9-17/h4-15H,3H2,1-2H3. The van der Waals surface area contributed by atoms with Crippen LogP contribution in [0.3, 0.4) is 0 Å². The lowest BCUT2D eigenvalue weighted by molar-refractivity contribution is 0.758. The molecule has 4 aromatic rings. The van der Waals surface area contributed by atoms with Crippen LogP contribution in [0.4, 0.5) is 0 Å². The van der Waals surface area contributed by atoms with Crippen molar-refractivity contribution in [2.75, 3.05) is 0 Å². The molecular weight excluding hydrogens is 320 g/mol. The molecule has 0 bridgehead atoms. The van der Waals surface area contributed by atoms with Gasteiger partial charge in [-0.3, -0.25) is 9.78 Å². The minimum atomic E-state index is 0.0524. The minimum Gasteiger partial charge on any atom is -0.309 e. The van der Waals surface area contributed by atoms with Crippen molar-refractivity contribution >= 4 is 10.9 Å². The Hall–Kier alpha value is -3.20. The van der Waals surface area contributed by atoms with Crippen molar-refractivity contribution < 1.29 is 0 Å². The molecule has 0 aliphatic carbocycles. The highest BCUT2D eigenvalue weighted by atomic mass is 16.1. The van der Waals surface area contributed by atoms with Gasteiger partial charge in [0.05, 0.1) is 11.2 Å². The molecule has 4 rings (SSSR count). The fraction of sp³-hybridized carbons (Fsp3) is 0.130. The molecular formula is C23H20N2O. The summed E-state index contributed by atoms with van der Waals surface area (Å²) in [5.74, 6) is 0. The van der Waals surface area contributed by atoms with Crippen LogP contribution in [0, 0.1) is 6.92 Å². The second-order valence-corrected chi connectivity index (χ2v) is 6.41. The summed E-state index contributed by atoms with van der Waals surface area (Å²) < 4.78 is 1.81. The normalized spacial score (nSPS) is 11.0. The molecule has 0 saturated carbocycles. The number of hydrogen-bond donors (Lipinski definition) is 0. The smallest absolute Gasteiger partial charge is 0.251 e. The Bertz CT molecular complexity index is 1140. The number of nitrogens with zero attached hydrogens (tertiary/aromatic N) is 2. The van der Waals surface area contributed by atoms with Crippen LogP contribution in [0.5, 0.6) is 0 Å². The monoisotopic (exact) mass is 340 g/mol. The van der Waals surface area contributed by atoms with Gasteiger partial charge in [-0.25, -0.2) is 0 Å². The van der Waals surface area contributed by atoms with Crippen LogP contribution in [-0.2, 0) is 6.54 Å². The molecule has 0 fully saturated rings. The van der Waals surface area contributed by atoms with E-state index in [2.05, 4.69) is 35.3 Å². The summed E-state index contributed by atoms with van der Waals surface area (Å²) in [5.41, 5.74) is 6.29. The summed E-state index contributed by atoms with van der Waals surface area (Å²) in [6.45, 7) is 4.66. The molecule has 0 unspecified atom stereocenters. The van der Waals surface area contributed by atoms with E-state index in [1.807, 2.05) is 54.9 Å². The van der Waals surface area contributed by atoms with Crippen molar-refractivity contribution in [3.63, 3.8) is 0 Å². The Morgan fingerprint density at radius 3 is 2.50 bits per heavy atom. The minimum absolute atomic E-state index is 0.0524. The van der Waals surface area contributed by atoms with Crippen molar-refractivity contribution in [3.05, 3.63) is 88.8 Å². The summed E-state index contributed by atoms with van der Waals surface area (Å²) in [7, 11) is 0. The van der Waals surface area contributed by atoms with Crippen LogP contribution in [0.1, 0.15) is 12.5 Å². The van der Waals surface area contributed by atoms with Crippen molar-refractivity contribution in [1.29, 1.82) is 0 Å². The topological polar surface area (TPSA) is 34.9 Å². The quantitative estimate of drug-likeness (QED) is 0.522. The third-order valence-corrected chi connectivity index (χ3v) is 4.80. The van der Waals surface area contributed by atoms with Crippen LogP contribution in [0.2, 0.25) is 0 Å². The van der Waals surface area contributed by atoms with Crippen LogP contribution in [0.15, 0.2) is 77.7 Å². The SMILES string of the molecule is CCn1c(=O)cc(C)c2cc(-c3cccnc3-c3ccccc3)ccc21. The van der Waals surface area contributed by atoms with E-state index >= 15 is 0 Å². The van der Waals surface area contributed by atoms with Gasteiger partial charge >= 0.3 is 0 Å². The van der Waals surface area contributed by atoms with E-state index in [1.54, 1.807) is 6.07 Å². The molecule has 0 spiro atoms. The van der Waals surface area contributed by atoms with E-state index in [1.165, 1.54) is 0 Å². The molecule has 0 amide bonds. The van der Waals surface area contributed by atoms with Gasteiger partial charge in [0, 0.05) is 35.3 Å². The third kappa shape index (κ3) is 2.72. The van der Waals surface area contributed by atoms with Gasteiger partial charge in [0.25, 0.3) is 5.56 Å². The Morgan fingerprint density at radius 1 is 0.923 bits per heavy atom. The van der Waals surface area contributed by atoms with Crippen molar-refractivity contribution in [2.24, 2.45) is 0 Å². The zero-order valence-corrected chi connectivity index (χ0v) is 14.9. The summed E-state index contributed by atoms with van der Waals surface area (Å²) in [4.78, 5) is 16.9. The summed E-state index contributed by atoms with van der Waals surface area (Å²) in [6, 6.07) is 22.3. The Labute approximate surface area is 152 Å². The van der Waals surface area contributed by atoms with Crippen molar-refractivity contribution in [2.45, 2.75) is 20.4 Å². The zero-order valence-electron chi connectivity index (χ0n) is 14.9. The fourth-order valence-corrected chi connectivity index (χ4v) is 3.50. The predicted octanol–water partition coefficient (Wildman–Crippen LogP) is 5.06. The summed E-state index contributed by atoms with van der Waals surface area (Å²) in [5, 5.41) is 1.10. The second kappa shape index (κ2) is 6.60. The molecule has 128 valence electrons. The number of rotatable bonds is 3. The first kappa shape index (κ1) is 16.3. The van der Waals surface area contributed by atoms with Gasteiger partial charge in [-0.15, -0.1) is 0 Å². The molecule has 26 heavy (non-hydrogen) atoms. The van der Waals surface area contributed by atoms with Gasteiger partial charge in [0.1, 0.15) is 0 Å². The van der Waals surface area contributed by atoms with E-state index in [-0.39, 0.29) is 5.56 Å². The Morgan fingerprint density at radius 2 is 1.73 bits per heavy atom. The van der Waals surface area contributed by atoms with Gasteiger partial charge < -0.3 is 4.57 Å². The lowest BCUT2D eigenvalue weighted by Gasteiger charge is -2.13. The van der Waals surface area contributed by atoms with Crippen molar-refractivity contribution in [3.8, 4) is 22.4 Å². The Kier molecular flexibility index (Phi) is 4.13. The van der Waals surface area contributed by atoms with Gasteiger partial charge in [0.15, 0.2) is 0 Å². The lowest BCUT2D eigenvalue weighted by Crippen LogP contribution is -2.19. The molecule has 0 aliphatic rings. The average molecular weight is 340 g/mol.